The smallest absolute Gasteiger partial charge is 0.240 e. The Labute approximate surface area is 136 Å². The van der Waals surface area contributed by atoms with E-state index < -0.39 is 0 Å². The predicted molar refractivity (Wildman–Crippen MR) is 93.1 cm³/mol. The lowest BCUT2D eigenvalue weighted by Gasteiger charge is -2.01. The maximum atomic E-state index is 11.8. The zero-order valence-electron chi connectivity index (χ0n) is 13.8. The molecule has 0 saturated carbocycles. The Hall–Kier alpha value is -2.69. The Morgan fingerprint density at radius 2 is 2.04 bits per heavy atom. The van der Waals surface area contributed by atoms with Crippen molar-refractivity contribution in [3.8, 4) is 0 Å². The normalized spacial score (nSPS) is 11.9. The summed E-state index contributed by atoms with van der Waals surface area (Å²) in [4.78, 5) is 11.8. The molecular formula is C18H22N4O. The number of allylic oxidation sites excluding steroid dienone is 1. The molecule has 0 aliphatic rings. The number of aryl methyl sites for hydroxylation is 2. The molecule has 1 aromatic heterocycles. The summed E-state index contributed by atoms with van der Waals surface area (Å²) in [6, 6.07) is 9.98. The number of carbonyl (C=O) groups is 1. The summed E-state index contributed by atoms with van der Waals surface area (Å²) in [5.74, 6) is -0.103. The van der Waals surface area contributed by atoms with Gasteiger partial charge in [0.15, 0.2) is 0 Å². The molecular weight excluding hydrogens is 288 g/mol. The molecule has 0 bridgehead atoms. The molecule has 0 spiro atoms. The summed E-state index contributed by atoms with van der Waals surface area (Å²) in [7, 11) is 0. The first-order chi connectivity index (χ1) is 11.1. The van der Waals surface area contributed by atoms with Gasteiger partial charge in [-0.15, -0.1) is 0 Å². The van der Waals surface area contributed by atoms with Crippen molar-refractivity contribution < 1.29 is 4.79 Å². The molecule has 0 fully saturated rings. The van der Waals surface area contributed by atoms with E-state index in [2.05, 4.69) is 20.7 Å². The van der Waals surface area contributed by atoms with Crippen LogP contribution in [-0.2, 0) is 11.2 Å². The number of benzene rings is 1. The van der Waals surface area contributed by atoms with Crippen molar-refractivity contribution in [2.45, 2.75) is 33.6 Å². The second-order valence-electron chi connectivity index (χ2n) is 5.50. The van der Waals surface area contributed by atoms with Gasteiger partial charge in [-0.1, -0.05) is 36.4 Å². The van der Waals surface area contributed by atoms with E-state index in [1.807, 2.05) is 57.2 Å². The quantitative estimate of drug-likeness (QED) is 0.635. The maximum absolute atomic E-state index is 11.8. The van der Waals surface area contributed by atoms with Crippen molar-refractivity contribution >= 4 is 18.2 Å². The average Bonchev–Trinajstić information content (AvgIpc) is 2.85. The second kappa shape index (κ2) is 8.08. The van der Waals surface area contributed by atoms with Crippen LogP contribution in [0.4, 0.5) is 0 Å². The third-order valence-electron chi connectivity index (χ3n) is 3.53. The van der Waals surface area contributed by atoms with Crippen LogP contribution in [0, 0.1) is 13.8 Å². The van der Waals surface area contributed by atoms with Crippen molar-refractivity contribution in [2.75, 3.05) is 0 Å². The number of carbonyl (C=O) groups excluding carboxylic acids is 1. The minimum absolute atomic E-state index is 0.103. The molecule has 2 N–H and O–H groups in total. The molecule has 0 aliphatic carbocycles. The number of aromatic nitrogens is 2. The standard InChI is InChI=1S/C18H22N4O/c1-13(11-16-7-5-4-6-8-16)12-19-22-18(23)10-9-17-14(2)20-21-15(17)3/h4-8,11-12H,9-10H2,1-3H3,(H,20,21)(H,22,23)/b13-11+,19-12-. The number of hydrogen-bond acceptors (Lipinski definition) is 3. The van der Waals surface area contributed by atoms with E-state index in [0.717, 1.165) is 28.1 Å². The largest absolute Gasteiger partial charge is 0.282 e. The summed E-state index contributed by atoms with van der Waals surface area (Å²) < 4.78 is 0. The van der Waals surface area contributed by atoms with Crippen molar-refractivity contribution in [3.05, 3.63) is 58.4 Å². The van der Waals surface area contributed by atoms with Crippen LogP contribution >= 0.6 is 0 Å². The van der Waals surface area contributed by atoms with Gasteiger partial charge < -0.3 is 0 Å². The van der Waals surface area contributed by atoms with E-state index in [0.29, 0.717) is 12.8 Å². The molecule has 5 nitrogen and oxygen atoms in total. The third kappa shape index (κ3) is 5.21. The molecule has 120 valence electrons. The Morgan fingerprint density at radius 1 is 1.30 bits per heavy atom. The molecule has 23 heavy (non-hydrogen) atoms. The predicted octanol–water partition coefficient (Wildman–Crippen LogP) is 3.16. The van der Waals surface area contributed by atoms with E-state index >= 15 is 0 Å². The molecule has 1 aromatic carbocycles. The van der Waals surface area contributed by atoms with Gasteiger partial charge in [0.1, 0.15) is 0 Å². The highest BCUT2D eigenvalue weighted by Crippen LogP contribution is 2.11. The van der Waals surface area contributed by atoms with Crippen LogP contribution < -0.4 is 5.43 Å². The van der Waals surface area contributed by atoms with Gasteiger partial charge >= 0.3 is 0 Å². The van der Waals surface area contributed by atoms with E-state index in [4.69, 9.17) is 0 Å². The van der Waals surface area contributed by atoms with Crippen molar-refractivity contribution in [1.82, 2.24) is 15.6 Å². The molecule has 5 heteroatoms. The van der Waals surface area contributed by atoms with E-state index in [1.54, 1.807) is 6.21 Å². The summed E-state index contributed by atoms with van der Waals surface area (Å²) in [5.41, 5.74) is 7.70. The Kier molecular flexibility index (Phi) is 5.86. The first-order valence-corrected chi connectivity index (χ1v) is 7.62. The fourth-order valence-electron chi connectivity index (χ4n) is 2.29. The zero-order valence-corrected chi connectivity index (χ0v) is 13.8. The highest BCUT2D eigenvalue weighted by atomic mass is 16.2. The number of rotatable bonds is 6. The van der Waals surface area contributed by atoms with Crippen molar-refractivity contribution in [2.24, 2.45) is 5.10 Å². The minimum Gasteiger partial charge on any atom is -0.282 e. The fraction of sp³-hybridized carbons (Fsp3) is 0.278. The summed E-state index contributed by atoms with van der Waals surface area (Å²) in [6.45, 7) is 5.84. The van der Waals surface area contributed by atoms with Crippen molar-refractivity contribution in [3.63, 3.8) is 0 Å². The summed E-state index contributed by atoms with van der Waals surface area (Å²) in [6.07, 6.45) is 4.71. The summed E-state index contributed by atoms with van der Waals surface area (Å²) >= 11 is 0. The number of nitrogens with one attached hydrogen (secondary N) is 2. The van der Waals surface area contributed by atoms with Crippen LogP contribution in [0.25, 0.3) is 6.08 Å². The van der Waals surface area contributed by atoms with Crippen LogP contribution in [0.5, 0.6) is 0 Å². The zero-order chi connectivity index (χ0) is 16.7. The Morgan fingerprint density at radius 3 is 2.70 bits per heavy atom. The number of nitrogens with zero attached hydrogens (tertiary/aromatic N) is 2. The van der Waals surface area contributed by atoms with Gasteiger partial charge in [0, 0.05) is 12.1 Å². The average molecular weight is 310 g/mol. The minimum atomic E-state index is -0.103. The van der Waals surface area contributed by atoms with Crippen LogP contribution in [0.1, 0.15) is 35.9 Å². The number of aromatic amines is 1. The maximum Gasteiger partial charge on any atom is 0.240 e. The fourth-order valence-corrected chi connectivity index (χ4v) is 2.29. The number of hydrogen-bond donors (Lipinski definition) is 2. The third-order valence-corrected chi connectivity index (χ3v) is 3.53. The molecule has 0 atom stereocenters. The van der Waals surface area contributed by atoms with Gasteiger partial charge in [0.2, 0.25) is 5.91 Å². The summed E-state index contributed by atoms with van der Waals surface area (Å²) in [5, 5.41) is 11.0. The first kappa shape index (κ1) is 16.7. The van der Waals surface area contributed by atoms with E-state index in [-0.39, 0.29) is 5.91 Å². The highest BCUT2D eigenvalue weighted by molar-refractivity contribution is 5.86. The number of H-pyrrole nitrogens is 1. The number of amides is 1. The molecule has 1 amide bonds. The van der Waals surface area contributed by atoms with Gasteiger partial charge in [-0.25, -0.2) is 5.43 Å². The molecule has 0 radical (unpaired) electrons. The topological polar surface area (TPSA) is 70.1 Å². The van der Waals surface area contributed by atoms with Crippen LogP contribution in [0.3, 0.4) is 0 Å². The molecule has 0 aliphatic heterocycles. The van der Waals surface area contributed by atoms with Gasteiger partial charge in [-0.05, 0) is 43.9 Å². The lowest BCUT2D eigenvalue weighted by Crippen LogP contribution is -2.18. The number of hydrazone groups is 1. The lowest BCUT2D eigenvalue weighted by molar-refractivity contribution is -0.121. The van der Waals surface area contributed by atoms with Gasteiger partial charge in [-0.3, -0.25) is 9.89 Å². The second-order valence-corrected chi connectivity index (χ2v) is 5.50. The molecule has 2 aromatic rings. The highest BCUT2D eigenvalue weighted by Gasteiger charge is 2.08. The molecule has 0 unspecified atom stereocenters. The van der Waals surface area contributed by atoms with E-state index in [9.17, 15) is 4.79 Å². The van der Waals surface area contributed by atoms with Crippen LogP contribution in [0.15, 0.2) is 41.0 Å². The molecule has 2 rings (SSSR count). The Balaban J connectivity index is 1.81. The van der Waals surface area contributed by atoms with Crippen molar-refractivity contribution in [1.29, 1.82) is 0 Å². The molecule has 1 heterocycles. The van der Waals surface area contributed by atoms with Gasteiger partial charge in [-0.2, -0.15) is 10.2 Å². The monoisotopic (exact) mass is 310 g/mol. The first-order valence-electron chi connectivity index (χ1n) is 7.62. The molecule has 0 saturated heterocycles. The van der Waals surface area contributed by atoms with E-state index in [1.165, 1.54) is 0 Å². The lowest BCUT2D eigenvalue weighted by atomic mass is 10.1. The van der Waals surface area contributed by atoms with Crippen LogP contribution in [0.2, 0.25) is 0 Å². The van der Waals surface area contributed by atoms with Crippen LogP contribution in [-0.4, -0.2) is 22.3 Å². The Bertz CT molecular complexity index is 694. The van der Waals surface area contributed by atoms with Gasteiger partial charge in [0.25, 0.3) is 0 Å². The van der Waals surface area contributed by atoms with Gasteiger partial charge in [0.05, 0.1) is 11.9 Å². The SMILES string of the molecule is CC(/C=N\NC(=O)CCc1c(C)n[nH]c1C)=C\c1ccccc1.